The van der Waals surface area contributed by atoms with E-state index in [1.807, 2.05) is 0 Å². The first-order valence-electron chi connectivity index (χ1n) is 7.61. The summed E-state index contributed by atoms with van der Waals surface area (Å²) in [4.78, 5) is 5.43. The third kappa shape index (κ3) is 3.01. The molecule has 0 bridgehead atoms. The zero-order valence-electron chi connectivity index (χ0n) is 11.0. The standard InChI is InChI=1S/C14H27N3/c1-2-6-14(5-1)17-10-8-16(9-11-17)12-13-4-3-7-15-13/h13-15H,1-12H2/t13-/m1/s1. The lowest BCUT2D eigenvalue weighted by molar-refractivity contribution is 0.0928. The smallest absolute Gasteiger partial charge is 0.0195 e. The lowest BCUT2D eigenvalue weighted by atomic mass is 10.1. The molecule has 2 aliphatic heterocycles. The summed E-state index contributed by atoms with van der Waals surface area (Å²) in [6.07, 6.45) is 8.64. The molecule has 0 radical (unpaired) electrons. The first kappa shape index (κ1) is 11.9. The van der Waals surface area contributed by atoms with Gasteiger partial charge in [0, 0.05) is 44.8 Å². The average Bonchev–Trinajstić information content (AvgIpc) is 3.01. The van der Waals surface area contributed by atoms with Crippen LogP contribution in [0.15, 0.2) is 0 Å². The van der Waals surface area contributed by atoms with Crippen molar-refractivity contribution in [2.75, 3.05) is 39.3 Å². The third-order valence-corrected chi connectivity index (χ3v) is 4.89. The van der Waals surface area contributed by atoms with Crippen LogP contribution < -0.4 is 5.32 Å². The van der Waals surface area contributed by atoms with E-state index in [1.165, 1.54) is 77.8 Å². The molecule has 0 aromatic rings. The monoisotopic (exact) mass is 237 g/mol. The predicted molar refractivity (Wildman–Crippen MR) is 71.3 cm³/mol. The van der Waals surface area contributed by atoms with Gasteiger partial charge in [-0.25, -0.2) is 0 Å². The van der Waals surface area contributed by atoms with Crippen LogP contribution in [0.5, 0.6) is 0 Å². The molecule has 17 heavy (non-hydrogen) atoms. The molecule has 0 spiro atoms. The molecule has 2 heterocycles. The quantitative estimate of drug-likeness (QED) is 0.798. The molecule has 0 aromatic heterocycles. The average molecular weight is 237 g/mol. The van der Waals surface area contributed by atoms with Gasteiger partial charge in [-0.15, -0.1) is 0 Å². The van der Waals surface area contributed by atoms with Gasteiger partial charge in [-0.2, -0.15) is 0 Å². The normalized spacial score (nSPS) is 33.5. The van der Waals surface area contributed by atoms with Crippen LogP contribution in [0.4, 0.5) is 0 Å². The van der Waals surface area contributed by atoms with E-state index in [4.69, 9.17) is 0 Å². The molecular weight excluding hydrogens is 210 g/mol. The van der Waals surface area contributed by atoms with E-state index in [1.54, 1.807) is 0 Å². The molecule has 3 aliphatic rings. The summed E-state index contributed by atoms with van der Waals surface area (Å²) in [6, 6.07) is 1.72. The lowest BCUT2D eigenvalue weighted by Gasteiger charge is -2.38. The molecule has 1 saturated carbocycles. The zero-order chi connectivity index (χ0) is 11.5. The SMILES string of the molecule is C1CCC(N2CCN(C[C@H]3CCCN3)CC2)C1. The van der Waals surface area contributed by atoms with Crippen molar-refractivity contribution in [2.45, 2.75) is 50.6 Å². The molecule has 98 valence electrons. The van der Waals surface area contributed by atoms with Gasteiger partial charge < -0.3 is 5.32 Å². The Kier molecular flexibility index (Phi) is 3.99. The summed E-state index contributed by atoms with van der Waals surface area (Å²) in [5.74, 6) is 0. The highest BCUT2D eigenvalue weighted by Crippen LogP contribution is 2.24. The Bertz CT molecular complexity index is 224. The molecular formula is C14H27N3. The van der Waals surface area contributed by atoms with Gasteiger partial charge in [0.1, 0.15) is 0 Å². The van der Waals surface area contributed by atoms with Gasteiger partial charge in [0.2, 0.25) is 0 Å². The Morgan fingerprint density at radius 1 is 0.882 bits per heavy atom. The fourth-order valence-corrected chi connectivity index (χ4v) is 3.80. The van der Waals surface area contributed by atoms with Crippen molar-refractivity contribution in [3.8, 4) is 0 Å². The summed E-state index contributed by atoms with van der Waals surface area (Å²) < 4.78 is 0. The minimum Gasteiger partial charge on any atom is -0.313 e. The molecule has 1 aliphatic carbocycles. The highest BCUT2D eigenvalue weighted by Gasteiger charge is 2.27. The second-order valence-corrected chi connectivity index (χ2v) is 6.07. The van der Waals surface area contributed by atoms with Crippen molar-refractivity contribution in [3.63, 3.8) is 0 Å². The van der Waals surface area contributed by atoms with Crippen LogP contribution in [0.1, 0.15) is 38.5 Å². The van der Waals surface area contributed by atoms with E-state index in [-0.39, 0.29) is 0 Å². The summed E-state index contributed by atoms with van der Waals surface area (Å²) in [5, 5.41) is 3.61. The molecule has 3 fully saturated rings. The maximum atomic E-state index is 3.61. The van der Waals surface area contributed by atoms with Gasteiger partial charge in [0.05, 0.1) is 0 Å². The van der Waals surface area contributed by atoms with E-state index >= 15 is 0 Å². The number of hydrogen-bond acceptors (Lipinski definition) is 3. The summed E-state index contributed by atoms with van der Waals surface area (Å²) in [5.41, 5.74) is 0. The summed E-state index contributed by atoms with van der Waals surface area (Å²) >= 11 is 0. The molecule has 0 unspecified atom stereocenters. The Balaban J connectivity index is 1.40. The van der Waals surface area contributed by atoms with Crippen LogP contribution in [0.3, 0.4) is 0 Å². The molecule has 0 aromatic carbocycles. The highest BCUT2D eigenvalue weighted by atomic mass is 15.3. The number of piperazine rings is 1. The number of nitrogens with one attached hydrogen (secondary N) is 1. The fourth-order valence-electron chi connectivity index (χ4n) is 3.80. The van der Waals surface area contributed by atoms with E-state index in [2.05, 4.69) is 15.1 Å². The molecule has 3 rings (SSSR count). The van der Waals surface area contributed by atoms with Crippen molar-refractivity contribution in [1.82, 2.24) is 15.1 Å². The Morgan fingerprint density at radius 2 is 1.65 bits per heavy atom. The minimum absolute atomic E-state index is 0.785. The van der Waals surface area contributed by atoms with Crippen molar-refractivity contribution in [2.24, 2.45) is 0 Å². The molecule has 0 amide bonds. The maximum absolute atomic E-state index is 3.61. The van der Waals surface area contributed by atoms with Crippen LogP contribution in [-0.2, 0) is 0 Å². The number of nitrogens with zero attached hydrogens (tertiary/aromatic N) is 2. The van der Waals surface area contributed by atoms with E-state index in [0.717, 1.165) is 12.1 Å². The molecule has 3 nitrogen and oxygen atoms in total. The number of rotatable bonds is 3. The molecule has 2 saturated heterocycles. The van der Waals surface area contributed by atoms with Gasteiger partial charge in [0.15, 0.2) is 0 Å². The predicted octanol–water partition coefficient (Wildman–Crippen LogP) is 1.30. The Labute approximate surface area is 106 Å². The van der Waals surface area contributed by atoms with Crippen LogP contribution in [-0.4, -0.2) is 61.2 Å². The highest BCUT2D eigenvalue weighted by molar-refractivity contribution is 4.84. The number of hydrogen-bond donors (Lipinski definition) is 1. The third-order valence-electron chi connectivity index (χ3n) is 4.89. The zero-order valence-corrected chi connectivity index (χ0v) is 11.0. The second kappa shape index (κ2) is 5.68. The Hall–Kier alpha value is -0.120. The minimum atomic E-state index is 0.785. The topological polar surface area (TPSA) is 18.5 Å². The fraction of sp³-hybridized carbons (Fsp3) is 1.00. The van der Waals surface area contributed by atoms with E-state index in [9.17, 15) is 0 Å². The molecule has 3 heteroatoms. The van der Waals surface area contributed by atoms with Crippen LogP contribution in [0.2, 0.25) is 0 Å². The van der Waals surface area contributed by atoms with Crippen molar-refractivity contribution in [3.05, 3.63) is 0 Å². The molecule has 1 N–H and O–H groups in total. The second-order valence-electron chi connectivity index (χ2n) is 6.07. The van der Waals surface area contributed by atoms with Gasteiger partial charge in [0.25, 0.3) is 0 Å². The van der Waals surface area contributed by atoms with Crippen molar-refractivity contribution in [1.29, 1.82) is 0 Å². The van der Waals surface area contributed by atoms with Gasteiger partial charge in [-0.3, -0.25) is 9.80 Å². The first-order valence-corrected chi connectivity index (χ1v) is 7.61. The van der Waals surface area contributed by atoms with Gasteiger partial charge in [-0.1, -0.05) is 12.8 Å². The van der Waals surface area contributed by atoms with E-state index < -0.39 is 0 Å². The largest absolute Gasteiger partial charge is 0.313 e. The van der Waals surface area contributed by atoms with Gasteiger partial charge in [-0.05, 0) is 32.2 Å². The van der Waals surface area contributed by atoms with E-state index in [0.29, 0.717) is 0 Å². The Morgan fingerprint density at radius 3 is 2.29 bits per heavy atom. The van der Waals surface area contributed by atoms with Crippen molar-refractivity contribution >= 4 is 0 Å². The van der Waals surface area contributed by atoms with Crippen LogP contribution in [0.25, 0.3) is 0 Å². The van der Waals surface area contributed by atoms with Crippen LogP contribution >= 0.6 is 0 Å². The first-order chi connectivity index (χ1) is 8.42. The molecule has 1 atom stereocenters. The summed E-state index contributed by atoms with van der Waals surface area (Å²) in [7, 11) is 0. The van der Waals surface area contributed by atoms with Gasteiger partial charge >= 0.3 is 0 Å². The van der Waals surface area contributed by atoms with Crippen LogP contribution in [0, 0.1) is 0 Å². The summed E-state index contributed by atoms with van der Waals surface area (Å²) in [6.45, 7) is 7.77. The maximum Gasteiger partial charge on any atom is 0.0195 e. The van der Waals surface area contributed by atoms with Crippen molar-refractivity contribution < 1.29 is 0 Å². The lowest BCUT2D eigenvalue weighted by Crippen LogP contribution is -2.52.